The summed E-state index contributed by atoms with van der Waals surface area (Å²) in [6.45, 7) is 3.45. The fraction of sp³-hybridized carbons (Fsp3) is 0.387. The van der Waals surface area contributed by atoms with Crippen molar-refractivity contribution in [2.75, 3.05) is 6.54 Å². The third kappa shape index (κ3) is 5.66. The van der Waals surface area contributed by atoms with E-state index < -0.39 is 0 Å². The molecule has 0 saturated carbocycles. The highest BCUT2D eigenvalue weighted by Crippen LogP contribution is 2.37. The molecule has 2 saturated heterocycles. The number of urea groups is 1. The van der Waals surface area contributed by atoms with Gasteiger partial charge in [-0.15, -0.1) is 0 Å². The molecule has 0 unspecified atom stereocenters. The fourth-order valence-electron chi connectivity index (χ4n) is 6.30. The van der Waals surface area contributed by atoms with E-state index in [-0.39, 0.29) is 24.2 Å². The normalized spacial score (nSPS) is 22.7. The van der Waals surface area contributed by atoms with Crippen molar-refractivity contribution in [1.82, 2.24) is 15.1 Å². The molecule has 0 aromatic heterocycles. The van der Waals surface area contributed by atoms with Gasteiger partial charge in [-0.1, -0.05) is 65.7 Å². The summed E-state index contributed by atoms with van der Waals surface area (Å²) < 4.78 is 6.41. The zero-order chi connectivity index (χ0) is 26.1. The molecule has 6 rings (SSSR count). The Morgan fingerprint density at radius 1 is 0.947 bits per heavy atom. The second kappa shape index (κ2) is 11.2. The number of carbonyl (C=O) groups is 1. The predicted octanol–water partition coefficient (Wildman–Crippen LogP) is 6.84. The highest BCUT2D eigenvalue weighted by atomic mass is 35.5. The summed E-state index contributed by atoms with van der Waals surface area (Å²) in [5.41, 5.74) is 5.10. The molecule has 38 heavy (non-hydrogen) atoms. The molecule has 1 N–H and O–H groups in total. The Bertz CT molecular complexity index is 1280. The van der Waals surface area contributed by atoms with Crippen molar-refractivity contribution in [2.45, 2.75) is 69.9 Å². The van der Waals surface area contributed by atoms with Gasteiger partial charge in [0.2, 0.25) is 0 Å². The number of rotatable bonds is 6. The minimum Gasteiger partial charge on any atom is -0.490 e. The molecule has 2 fully saturated rings. The van der Waals surface area contributed by atoms with E-state index in [4.69, 9.17) is 27.9 Å². The average molecular weight is 551 g/mol. The number of ether oxygens (including phenoxy) is 1. The molecule has 2 bridgehead atoms. The maximum atomic E-state index is 13.0. The molecule has 0 radical (unpaired) electrons. The predicted molar refractivity (Wildman–Crippen MR) is 152 cm³/mol. The summed E-state index contributed by atoms with van der Waals surface area (Å²) in [5.74, 6) is 0.914. The lowest BCUT2D eigenvalue weighted by Crippen LogP contribution is -2.52. The molecular formula is C31H33Cl2N3O2. The summed E-state index contributed by atoms with van der Waals surface area (Å²) >= 11 is 12.3. The van der Waals surface area contributed by atoms with Gasteiger partial charge in [-0.25, -0.2) is 4.79 Å². The van der Waals surface area contributed by atoms with Crippen LogP contribution in [-0.4, -0.2) is 40.6 Å². The van der Waals surface area contributed by atoms with Crippen molar-refractivity contribution >= 4 is 29.2 Å². The molecule has 3 heterocycles. The van der Waals surface area contributed by atoms with E-state index in [1.165, 1.54) is 16.7 Å². The van der Waals surface area contributed by atoms with Gasteiger partial charge in [0, 0.05) is 61.1 Å². The van der Waals surface area contributed by atoms with Gasteiger partial charge in [-0.3, -0.25) is 4.90 Å². The molecule has 0 aliphatic carbocycles. The van der Waals surface area contributed by atoms with Crippen LogP contribution in [0.3, 0.4) is 0 Å². The lowest BCUT2D eigenvalue weighted by Gasteiger charge is -2.38. The number of nitrogens with zero attached hydrogens (tertiary/aromatic N) is 2. The van der Waals surface area contributed by atoms with E-state index in [9.17, 15) is 4.79 Å². The first-order valence-corrected chi connectivity index (χ1v) is 14.3. The quantitative estimate of drug-likeness (QED) is 0.366. The highest BCUT2D eigenvalue weighted by Gasteiger charge is 2.44. The van der Waals surface area contributed by atoms with Crippen molar-refractivity contribution in [3.8, 4) is 5.75 Å². The van der Waals surface area contributed by atoms with Gasteiger partial charge in [-0.05, 0) is 65.8 Å². The van der Waals surface area contributed by atoms with Crippen LogP contribution in [0.2, 0.25) is 10.0 Å². The summed E-state index contributed by atoms with van der Waals surface area (Å²) in [7, 11) is 0. The van der Waals surface area contributed by atoms with Gasteiger partial charge >= 0.3 is 6.03 Å². The third-order valence-corrected chi connectivity index (χ3v) is 8.80. The van der Waals surface area contributed by atoms with Crippen LogP contribution in [-0.2, 0) is 26.1 Å². The van der Waals surface area contributed by atoms with Crippen molar-refractivity contribution in [2.24, 2.45) is 0 Å². The van der Waals surface area contributed by atoms with Crippen molar-refractivity contribution < 1.29 is 9.53 Å². The SMILES string of the molecule is O=C(NCc1ccc(Cl)cc1Cl)N1[C@H]2CC[C@H]1CC(Oc1ccc(CN3CCc4ccccc4C3)cc1)C2. The highest BCUT2D eigenvalue weighted by molar-refractivity contribution is 6.35. The number of fused-ring (bicyclic) bond motifs is 3. The lowest BCUT2D eigenvalue weighted by molar-refractivity contribution is 0.0686. The molecule has 0 spiro atoms. The Balaban J connectivity index is 1.00. The van der Waals surface area contributed by atoms with Gasteiger partial charge in [0.15, 0.2) is 0 Å². The van der Waals surface area contributed by atoms with Gasteiger partial charge in [0.1, 0.15) is 11.9 Å². The monoisotopic (exact) mass is 549 g/mol. The van der Waals surface area contributed by atoms with Crippen LogP contribution in [0, 0.1) is 0 Å². The first-order chi connectivity index (χ1) is 18.5. The second-order valence-corrected chi connectivity index (χ2v) is 11.6. The summed E-state index contributed by atoms with van der Waals surface area (Å²) in [6, 6.07) is 23.1. The van der Waals surface area contributed by atoms with Gasteiger partial charge in [0.05, 0.1) is 0 Å². The minimum absolute atomic E-state index is 0.0216. The maximum Gasteiger partial charge on any atom is 0.318 e. The van der Waals surface area contributed by atoms with Crippen LogP contribution in [0.5, 0.6) is 5.75 Å². The van der Waals surface area contributed by atoms with Gasteiger partial charge < -0.3 is 15.0 Å². The van der Waals surface area contributed by atoms with Crippen LogP contribution in [0.25, 0.3) is 0 Å². The number of nitrogens with one attached hydrogen (secondary N) is 1. The van der Waals surface area contributed by atoms with Crippen LogP contribution >= 0.6 is 23.2 Å². The van der Waals surface area contributed by atoms with E-state index in [0.717, 1.165) is 63.1 Å². The molecule has 2 amide bonds. The van der Waals surface area contributed by atoms with Crippen molar-refractivity contribution in [1.29, 1.82) is 0 Å². The third-order valence-electron chi connectivity index (χ3n) is 8.21. The number of hydrogen-bond donors (Lipinski definition) is 1. The zero-order valence-corrected chi connectivity index (χ0v) is 22.9. The first kappa shape index (κ1) is 25.5. The molecular weight excluding hydrogens is 517 g/mol. The second-order valence-electron chi connectivity index (χ2n) is 10.8. The summed E-state index contributed by atoms with van der Waals surface area (Å²) in [4.78, 5) is 17.6. The van der Waals surface area contributed by atoms with Crippen LogP contribution in [0.1, 0.15) is 47.9 Å². The van der Waals surface area contributed by atoms with E-state index in [1.807, 2.05) is 11.0 Å². The Kier molecular flexibility index (Phi) is 7.51. The first-order valence-electron chi connectivity index (χ1n) is 13.6. The molecule has 2 atom stereocenters. The Morgan fingerprint density at radius 2 is 1.68 bits per heavy atom. The van der Waals surface area contributed by atoms with Crippen LogP contribution in [0.15, 0.2) is 66.7 Å². The topological polar surface area (TPSA) is 44.8 Å². The Labute approximate surface area is 234 Å². The van der Waals surface area contributed by atoms with E-state index in [0.29, 0.717) is 16.6 Å². The average Bonchev–Trinajstić information content (AvgIpc) is 3.19. The van der Waals surface area contributed by atoms with Gasteiger partial charge in [-0.2, -0.15) is 0 Å². The summed E-state index contributed by atoms with van der Waals surface area (Å²) in [5, 5.41) is 4.21. The molecule has 5 nitrogen and oxygen atoms in total. The van der Waals surface area contributed by atoms with E-state index >= 15 is 0 Å². The molecule has 3 aromatic carbocycles. The van der Waals surface area contributed by atoms with Gasteiger partial charge in [0.25, 0.3) is 0 Å². The Morgan fingerprint density at radius 3 is 2.42 bits per heavy atom. The molecule has 7 heteroatoms. The number of carbonyl (C=O) groups excluding carboxylic acids is 1. The standard InChI is InChI=1S/C31H33Cl2N3O2/c32-25-8-7-23(30(33)15-25)18-34-31(37)36-26-9-10-27(36)17-29(16-26)38-28-11-5-21(6-12-28)19-35-14-13-22-3-1-2-4-24(22)20-35/h1-8,11-12,15,26-27,29H,9-10,13-14,16-20H2,(H,34,37)/t26-,27-/m0/s1. The van der Waals surface area contributed by atoms with Crippen molar-refractivity contribution in [3.63, 3.8) is 0 Å². The van der Waals surface area contributed by atoms with E-state index in [1.54, 1.807) is 12.1 Å². The largest absolute Gasteiger partial charge is 0.490 e. The molecule has 3 aromatic rings. The molecule has 3 aliphatic rings. The van der Waals surface area contributed by atoms with Crippen molar-refractivity contribution in [3.05, 3.63) is 99.0 Å². The molecule has 198 valence electrons. The zero-order valence-electron chi connectivity index (χ0n) is 21.4. The molecule has 3 aliphatic heterocycles. The Hall–Kier alpha value is -2.73. The smallest absolute Gasteiger partial charge is 0.318 e. The fourth-order valence-corrected chi connectivity index (χ4v) is 6.77. The number of halogens is 2. The van der Waals surface area contributed by atoms with E-state index in [2.05, 4.69) is 58.7 Å². The number of hydrogen-bond acceptors (Lipinski definition) is 3. The summed E-state index contributed by atoms with van der Waals surface area (Å²) in [6.07, 6.45) is 5.02. The maximum absolute atomic E-state index is 13.0. The number of benzene rings is 3. The number of piperidine rings is 1. The lowest BCUT2D eigenvalue weighted by atomic mass is 9.99. The van der Waals surface area contributed by atoms with Crippen LogP contribution < -0.4 is 10.1 Å². The van der Waals surface area contributed by atoms with Crippen LogP contribution in [0.4, 0.5) is 4.79 Å². The minimum atomic E-state index is -0.0216. The number of amides is 2.